The van der Waals surface area contributed by atoms with E-state index in [9.17, 15) is 9.59 Å². The minimum atomic E-state index is -0.0409. The van der Waals surface area contributed by atoms with E-state index < -0.39 is 0 Å². The van der Waals surface area contributed by atoms with Gasteiger partial charge in [-0.25, -0.2) is 0 Å². The second kappa shape index (κ2) is 7.48. The molecule has 2 amide bonds. The standard InChI is InChI=1S/C22H26N2O2/c25-21(23-13-4-1-5-14-23)18-10-7-15-24(16-18)22(26)20-12-6-9-17-8-2-3-11-19(17)20/h2-3,6,8-9,11-12,18H,1,4-5,7,10,13-16H2/t18-/m0/s1. The molecule has 2 aliphatic heterocycles. The monoisotopic (exact) mass is 350 g/mol. The molecule has 0 N–H and O–H groups in total. The summed E-state index contributed by atoms with van der Waals surface area (Å²) in [6.45, 7) is 3.06. The predicted octanol–water partition coefficient (Wildman–Crippen LogP) is 3.70. The first-order chi connectivity index (χ1) is 12.7. The lowest BCUT2D eigenvalue weighted by Crippen LogP contribution is -2.47. The maximum absolute atomic E-state index is 13.2. The van der Waals surface area contributed by atoms with Crippen molar-refractivity contribution >= 4 is 22.6 Å². The summed E-state index contributed by atoms with van der Waals surface area (Å²) in [4.78, 5) is 29.9. The quantitative estimate of drug-likeness (QED) is 0.828. The second-order valence-corrected chi connectivity index (χ2v) is 7.50. The van der Waals surface area contributed by atoms with Crippen molar-refractivity contribution in [2.45, 2.75) is 32.1 Å². The van der Waals surface area contributed by atoms with Crippen molar-refractivity contribution in [3.8, 4) is 0 Å². The van der Waals surface area contributed by atoms with Crippen LogP contribution in [0.5, 0.6) is 0 Å². The van der Waals surface area contributed by atoms with Crippen LogP contribution in [0.25, 0.3) is 10.8 Å². The average molecular weight is 350 g/mol. The van der Waals surface area contributed by atoms with E-state index in [4.69, 9.17) is 0 Å². The van der Waals surface area contributed by atoms with Crippen LogP contribution in [0.2, 0.25) is 0 Å². The van der Waals surface area contributed by atoms with E-state index in [1.165, 1.54) is 6.42 Å². The van der Waals surface area contributed by atoms with Gasteiger partial charge >= 0.3 is 0 Å². The van der Waals surface area contributed by atoms with Crippen molar-refractivity contribution in [2.24, 2.45) is 5.92 Å². The topological polar surface area (TPSA) is 40.6 Å². The molecule has 136 valence electrons. The number of carbonyl (C=O) groups is 2. The molecule has 2 aliphatic rings. The van der Waals surface area contributed by atoms with E-state index in [1.807, 2.05) is 52.3 Å². The molecule has 26 heavy (non-hydrogen) atoms. The molecule has 2 heterocycles. The van der Waals surface area contributed by atoms with Crippen molar-refractivity contribution in [1.82, 2.24) is 9.80 Å². The third kappa shape index (κ3) is 3.33. The summed E-state index contributed by atoms with van der Waals surface area (Å²) < 4.78 is 0. The molecule has 2 fully saturated rings. The summed E-state index contributed by atoms with van der Waals surface area (Å²) in [7, 11) is 0. The van der Waals surface area contributed by atoms with Gasteiger partial charge in [-0.1, -0.05) is 36.4 Å². The molecule has 0 spiro atoms. The number of fused-ring (bicyclic) bond motifs is 1. The van der Waals surface area contributed by atoms with Crippen LogP contribution in [0.4, 0.5) is 0 Å². The minimum absolute atomic E-state index is 0.0409. The molecule has 0 aromatic heterocycles. The van der Waals surface area contributed by atoms with E-state index in [1.54, 1.807) is 0 Å². The molecule has 2 saturated heterocycles. The van der Waals surface area contributed by atoms with Crippen LogP contribution in [0.15, 0.2) is 42.5 Å². The molecule has 4 heteroatoms. The maximum atomic E-state index is 13.2. The lowest BCUT2D eigenvalue weighted by Gasteiger charge is -2.36. The molecule has 1 atom stereocenters. The highest BCUT2D eigenvalue weighted by Crippen LogP contribution is 2.25. The molecule has 0 aliphatic carbocycles. The van der Waals surface area contributed by atoms with Gasteiger partial charge in [0.2, 0.25) is 5.91 Å². The first-order valence-corrected chi connectivity index (χ1v) is 9.80. The molecule has 0 bridgehead atoms. The molecule has 0 saturated carbocycles. The van der Waals surface area contributed by atoms with Crippen LogP contribution in [0, 0.1) is 5.92 Å². The molecule has 2 aromatic rings. The Bertz CT molecular complexity index is 805. The highest BCUT2D eigenvalue weighted by atomic mass is 16.2. The highest BCUT2D eigenvalue weighted by Gasteiger charge is 2.32. The number of hydrogen-bond donors (Lipinski definition) is 0. The van der Waals surface area contributed by atoms with Crippen LogP contribution in [-0.4, -0.2) is 47.8 Å². The molecule has 4 rings (SSSR count). The van der Waals surface area contributed by atoms with Crippen LogP contribution in [-0.2, 0) is 4.79 Å². The third-order valence-electron chi connectivity index (χ3n) is 5.75. The highest BCUT2D eigenvalue weighted by molar-refractivity contribution is 6.07. The number of carbonyl (C=O) groups excluding carboxylic acids is 2. The number of rotatable bonds is 2. The molecule has 0 radical (unpaired) electrons. The fourth-order valence-electron chi connectivity index (χ4n) is 4.32. The fraction of sp³-hybridized carbons (Fsp3) is 0.455. The van der Waals surface area contributed by atoms with Gasteiger partial charge in [0.1, 0.15) is 0 Å². The van der Waals surface area contributed by atoms with Gasteiger partial charge in [-0.05, 0) is 48.9 Å². The van der Waals surface area contributed by atoms with Gasteiger partial charge in [0.25, 0.3) is 5.91 Å². The summed E-state index contributed by atoms with van der Waals surface area (Å²) in [5.41, 5.74) is 0.745. The van der Waals surface area contributed by atoms with Crippen molar-refractivity contribution in [3.05, 3.63) is 48.0 Å². The number of hydrogen-bond acceptors (Lipinski definition) is 2. The lowest BCUT2D eigenvalue weighted by molar-refractivity contribution is -0.137. The smallest absolute Gasteiger partial charge is 0.254 e. The largest absolute Gasteiger partial charge is 0.342 e. The Labute approximate surface area is 154 Å². The van der Waals surface area contributed by atoms with E-state index in [-0.39, 0.29) is 17.7 Å². The summed E-state index contributed by atoms with van der Waals surface area (Å²) in [6, 6.07) is 13.9. The Morgan fingerprint density at radius 3 is 2.38 bits per heavy atom. The van der Waals surface area contributed by atoms with Gasteiger partial charge in [-0.2, -0.15) is 0 Å². The van der Waals surface area contributed by atoms with Crippen molar-refractivity contribution < 1.29 is 9.59 Å². The van der Waals surface area contributed by atoms with Gasteiger partial charge in [-0.3, -0.25) is 9.59 Å². The SMILES string of the molecule is O=C(c1cccc2ccccc12)N1CCC[C@H](C(=O)N2CCCCC2)C1. The summed E-state index contributed by atoms with van der Waals surface area (Å²) in [5, 5.41) is 2.07. The zero-order chi connectivity index (χ0) is 17.9. The van der Waals surface area contributed by atoms with E-state index >= 15 is 0 Å². The summed E-state index contributed by atoms with van der Waals surface area (Å²) >= 11 is 0. The third-order valence-corrected chi connectivity index (χ3v) is 5.75. The van der Waals surface area contributed by atoms with Crippen LogP contribution >= 0.6 is 0 Å². The first-order valence-electron chi connectivity index (χ1n) is 9.80. The Morgan fingerprint density at radius 2 is 1.54 bits per heavy atom. The maximum Gasteiger partial charge on any atom is 0.254 e. The van der Waals surface area contributed by atoms with Crippen LogP contribution in [0.3, 0.4) is 0 Å². The number of likely N-dealkylation sites (tertiary alicyclic amines) is 2. The summed E-state index contributed by atoms with van der Waals surface area (Å²) in [5.74, 6) is 0.263. The Hall–Kier alpha value is -2.36. The number of piperidine rings is 2. The lowest BCUT2D eigenvalue weighted by atomic mass is 9.94. The van der Waals surface area contributed by atoms with Gasteiger partial charge in [-0.15, -0.1) is 0 Å². The van der Waals surface area contributed by atoms with Gasteiger partial charge in [0.15, 0.2) is 0 Å². The van der Waals surface area contributed by atoms with Crippen LogP contribution in [0.1, 0.15) is 42.5 Å². The van der Waals surface area contributed by atoms with Crippen molar-refractivity contribution in [1.29, 1.82) is 0 Å². The van der Waals surface area contributed by atoms with Crippen molar-refractivity contribution in [2.75, 3.05) is 26.2 Å². The van der Waals surface area contributed by atoms with Gasteiger partial charge in [0, 0.05) is 31.7 Å². The predicted molar refractivity (Wildman–Crippen MR) is 103 cm³/mol. The van der Waals surface area contributed by atoms with Gasteiger partial charge < -0.3 is 9.80 Å². The number of amides is 2. The Morgan fingerprint density at radius 1 is 0.808 bits per heavy atom. The molecular formula is C22H26N2O2. The molecule has 2 aromatic carbocycles. The molecule has 0 unspecified atom stereocenters. The molecular weight excluding hydrogens is 324 g/mol. The van der Waals surface area contributed by atoms with E-state index in [0.717, 1.165) is 61.7 Å². The summed E-state index contributed by atoms with van der Waals surface area (Å²) in [6.07, 6.45) is 5.24. The average Bonchev–Trinajstić information content (AvgIpc) is 2.73. The van der Waals surface area contributed by atoms with Crippen LogP contribution < -0.4 is 0 Å². The molecule has 4 nitrogen and oxygen atoms in total. The normalized spacial score (nSPS) is 21.0. The van der Waals surface area contributed by atoms with Gasteiger partial charge in [0.05, 0.1) is 5.92 Å². The minimum Gasteiger partial charge on any atom is -0.342 e. The Kier molecular flexibility index (Phi) is 4.91. The second-order valence-electron chi connectivity index (χ2n) is 7.50. The van der Waals surface area contributed by atoms with E-state index in [0.29, 0.717) is 6.54 Å². The Balaban J connectivity index is 1.52. The number of nitrogens with zero attached hydrogens (tertiary/aromatic N) is 2. The number of benzene rings is 2. The fourth-order valence-corrected chi connectivity index (χ4v) is 4.32. The van der Waals surface area contributed by atoms with E-state index in [2.05, 4.69) is 0 Å². The zero-order valence-electron chi connectivity index (χ0n) is 15.2. The van der Waals surface area contributed by atoms with Crippen molar-refractivity contribution in [3.63, 3.8) is 0 Å². The first kappa shape index (κ1) is 17.1. The zero-order valence-corrected chi connectivity index (χ0v) is 15.2.